The van der Waals surface area contributed by atoms with Gasteiger partial charge in [-0.25, -0.2) is 9.67 Å². The number of hydrogen-bond donors (Lipinski definition) is 0. The van der Waals surface area contributed by atoms with Crippen LogP contribution in [-0.2, 0) is 24.2 Å². The molecular formula is C21H21N5O2S. The minimum Gasteiger partial charge on any atom is -0.274 e. The summed E-state index contributed by atoms with van der Waals surface area (Å²) in [7, 11) is 0. The fourth-order valence-corrected chi connectivity index (χ4v) is 4.05. The molecule has 0 aliphatic rings. The lowest BCUT2D eigenvalue weighted by atomic mass is 10.0. The first-order valence-corrected chi connectivity index (χ1v) is 10.2. The van der Waals surface area contributed by atoms with Gasteiger partial charge in [0.1, 0.15) is 11.6 Å². The van der Waals surface area contributed by atoms with Crippen molar-refractivity contribution in [3.8, 4) is 6.07 Å². The Balaban J connectivity index is 1.98. The van der Waals surface area contributed by atoms with E-state index >= 15 is 0 Å². The average Bonchev–Trinajstić information content (AvgIpc) is 3.17. The molecule has 29 heavy (non-hydrogen) atoms. The molecule has 1 aromatic carbocycles. The Hall–Kier alpha value is -3.31. The summed E-state index contributed by atoms with van der Waals surface area (Å²) in [5.41, 5.74) is 2.52. The van der Waals surface area contributed by atoms with Crippen LogP contribution in [0.5, 0.6) is 0 Å². The largest absolute Gasteiger partial charge is 0.285 e. The molecule has 0 aliphatic carbocycles. The summed E-state index contributed by atoms with van der Waals surface area (Å²) in [4.78, 5) is 31.0. The number of amides is 1. The lowest BCUT2D eigenvalue weighted by molar-refractivity contribution is -0.115. The number of thiazole rings is 1. The number of nitriles is 1. The summed E-state index contributed by atoms with van der Waals surface area (Å²) in [5, 5.41) is 16.2. The van der Waals surface area contributed by atoms with Crippen LogP contribution in [0.3, 0.4) is 0 Å². The van der Waals surface area contributed by atoms with Crippen LogP contribution in [0.25, 0.3) is 0 Å². The van der Waals surface area contributed by atoms with Gasteiger partial charge in [-0.3, -0.25) is 14.5 Å². The van der Waals surface area contributed by atoms with Gasteiger partial charge in [-0.05, 0) is 30.5 Å². The zero-order valence-corrected chi connectivity index (χ0v) is 17.4. The van der Waals surface area contributed by atoms with Gasteiger partial charge in [0, 0.05) is 12.3 Å². The van der Waals surface area contributed by atoms with Crippen molar-refractivity contribution >= 4 is 28.1 Å². The first kappa shape index (κ1) is 20.4. The Morgan fingerprint density at radius 3 is 2.55 bits per heavy atom. The van der Waals surface area contributed by atoms with E-state index in [-0.39, 0.29) is 18.0 Å². The maximum absolute atomic E-state index is 12.7. The van der Waals surface area contributed by atoms with Gasteiger partial charge in [-0.1, -0.05) is 32.0 Å². The average molecular weight is 407 g/mol. The summed E-state index contributed by atoms with van der Waals surface area (Å²) < 4.78 is 1.29. The number of para-hydroxylation sites is 1. The number of hydrogen-bond acceptors (Lipinski definition) is 6. The maximum Gasteiger partial charge on any atom is 0.285 e. The molecular weight excluding hydrogens is 386 g/mol. The highest BCUT2D eigenvalue weighted by Gasteiger charge is 2.19. The zero-order chi connectivity index (χ0) is 21.0. The highest BCUT2D eigenvalue weighted by Crippen LogP contribution is 2.28. The molecule has 0 unspecified atom stereocenters. The molecule has 0 saturated carbocycles. The molecule has 2 aromatic heterocycles. The molecule has 0 spiro atoms. The number of benzene rings is 1. The Kier molecular flexibility index (Phi) is 6.20. The standard InChI is InChI=1S/C21H21N5O2S/c1-4-17-18(11-22)20(28)25(24-19(17)5-2)12-15-13-29-21(23-15)26(14(3)27)16-9-7-6-8-10-16/h6-10,13H,4-5,12H2,1-3H3. The van der Waals surface area contributed by atoms with Gasteiger partial charge in [0.25, 0.3) is 5.56 Å². The number of aryl methyl sites for hydroxylation is 1. The molecule has 7 nitrogen and oxygen atoms in total. The van der Waals surface area contributed by atoms with Gasteiger partial charge < -0.3 is 0 Å². The van der Waals surface area contributed by atoms with E-state index in [4.69, 9.17) is 0 Å². The molecule has 0 saturated heterocycles. The third kappa shape index (κ3) is 4.10. The van der Waals surface area contributed by atoms with Gasteiger partial charge in [0.05, 0.1) is 23.6 Å². The smallest absolute Gasteiger partial charge is 0.274 e. The molecule has 1 amide bonds. The molecule has 0 radical (unpaired) electrons. The molecule has 0 bridgehead atoms. The minimum absolute atomic E-state index is 0.140. The summed E-state index contributed by atoms with van der Waals surface area (Å²) in [5.74, 6) is -0.153. The normalized spacial score (nSPS) is 10.6. The van der Waals surface area contributed by atoms with E-state index in [0.29, 0.717) is 29.2 Å². The highest BCUT2D eigenvalue weighted by atomic mass is 32.1. The van der Waals surface area contributed by atoms with Crippen molar-refractivity contribution in [1.29, 1.82) is 5.26 Å². The summed E-state index contributed by atoms with van der Waals surface area (Å²) in [6.07, 6.45) is 1.22. The molecule has 0 fully saturated rings. The first-order chi connectivity index (χ1) is 14.0. The molecule has 0 N–H and O–H groups in total. The SMILES string of the molecule is CCc1nn(Cc2csc(N(C(C)=O)c3ccccc3)n2)c(=O)c(C#N)c1CC. The predicted octanol–water partition coefficient (Wildman–Crippen LogP) is 3.43. The van der Waals surface area contributed by atoms with Gasteiger partial charge in [-0.15, -0.1) is 11.3 Å². The molecule has 0 atom stereocenters. The van der Waals surface area contributed by atoms with E-state index in [2.05, 4.69) is 10.1 Å². The van der Waals surface area contributed by atoms with E-state index in [1.165, 1.54) is 27.8 Å². The van der Waals surface area contributed by atoms with Crippen LogP contribution >= 0.6 is 11.3 Å². The third-order valence-electron chi connectivity index (χ3n) is 4.51. The van der Waals surface area contributed by atoms with Crippen molar-refractivity contribution in [2.24, 2.45) is 0 Å². The monoisotopic (exact) mass is 407 g/mol. The molecule has 8 heteroatoms. The van der Waals surface area contributed by atoms with Crippen molar-refractivity contribution in [2.75, 3.05) is 4.90 Å². The van der Waals surface area contributed by atoms with Crippen molar-refractivity contribution in [1.82, 2.24) is 14.8 Å². The second kappa shape index (κ2) is 8.80. The van der Waals surface area contributed by atoms with Gasteiger partial charge in [-0.2, -0.15) is 10.4 Å². The van der Waals surface area contributed by atoms with E-state index in [1.807, 2.05) is 50.2 Å². The van der Waals surface area contributed by atoms with Crippen LogP contribution in [-0.4, -0.2) is 20.7 Å². The fourth-order valence-electron chi connectivity index (χ4n) is 3.17. The number of nitrogens with zero attached hydrogens (tertiary/aromatic N) is 5. The lowest BCUT2D eigenvalue weighted by Gasteiger charge is -2.17. The van der Waals surface area contributed by atoms with Crippen molar-refractivity contribution < 1.29 is 4.79 Å². The van der Waals surface area contributed by atoms with E-state index in [1.54, 1.807) is 5.38 Å². The Morgan fingerprint density at radius 1 is 1.24 bits per heavy atom. The predicted molar refractivity (Wildman–Crippen MR) is 112 cm³/mol. The Bertz CT molecular complexity index is 1130. The van der Waals surface area contributed by atoms with Crippen LogP contribution in [0.1, 0.15) is 43.3 Å². The summed E-state index contributed by atoms with van der Waals surface area (Å²) in [6, 6.07) is 11.3. The number of rotatable bonds is 6. The second-order valence-corrected chi connectivity index (χ2v) is 7.23. The van der Waals surface area contributed by atoms with Gasteiger partial charge in [0.15, 0.2) is 5.13 Å². The van der Waals surface area contributed by atoms with Crippen LogP contribution in [0.2, 0.25) is 0 Å². The summed E-state index contributed by atoms with van der Waals surface area (Å²) >= 11 is 1.32. The lowest BCUT2D eigenvalue weighted by Crippen LogP contribution is -2.29. The van der Waals surface area contributed by atoms with Crippen LogP contribution < -0.4 is 10.5 Å². The Morgan fingerprint density at radius 2 is 1.97 bits per heavy atom. The fraction of sp³-hybridized carbons (Fsp3) is 0.286. The summed E-state index contributed by atoms with van der Waals surface area (Å²) in [6.45, 7) is 5.48. The van der Waals surface area contributed by atoms with E-state index < -0.39 is 5.56 Å². The molecule has 3 aromatic rings. The van der Waals surface area contributed by atoms with Crippen LogP contribution in [0.15, 0.2) is 40.5 Å². The van der Waals surface area contributed by atoms with Crippen molar-refractivity contribution in [3.05, 3.63) is 68.6 Å². The third-order valence-corrected chi connectivity index (χ3v) is 5.39. The highest BCUT2D eigenvalue weighted by molar-refractivity contribution is 7.14. The van der Waals surface area contributed by atoms with Gasteiger partial charge >= 0.3 is 0 Å². The topological polar surface area (TPSA) is 91.9 Å². The van der Waals surface area contributed by atoms with Gasteiger partial charge in [0.2, 0.25) is 5.91 Å². The van der Waals surface area contributed by atoms with Crippen molar-refractivity contribution in [3.63, 3.8) is 0 Å². The number of carbonyl (C=O) groups excluding carboxylic acids is 1. The molecule has 0 aliphatic heterocycles. The number of aromatic nitrogens is 3. The quantitative estimate of drug-likeness (QED) is 0.624. The van der Waals surface area contributed by atoms with Crippen LogP contribution in [0, 0.1) is 11.3 Å². The number of anilines is 2. The first-order valence-electron chi connectivity index (χ1n) is 9.33. The van der Waals surface area contributed by atoms with Crippen molar-refractivity contribution in [2.45, 2.75) is 40.2 Å². The Labute approximate surface area is 172 Å². The zero-order valence-electron chi connectivity index (χ0n) is 16.5. The van der Waals surface area contributed by atoms with E-state index in [9.17, 15) is 14.9 Å². The van der Waals surface area contributed by atoms with E-state index in [0.717, 1.165) is 11.4 Å². The maximum atomic E-state index is 12.7. The van der Waals surface area contributed by atoms with Crippen LogP contribution in [0.4, 0.5) is 10.8 Å². The minimum atomic E-state index is -0.414. The molecule has 3 rings (SSSR count). The second-order valence-electron chi connectivity index (χ2n) is 6.39. The molecule has 148 valence electrons. The number of carbonyl (C=O) groups is 1. The molecule has 2 heterocycles.